The van der Waals surface area contributed by atoms with E-state index in [1.165, 1.54) is 10.8 Å². The smallest absolute Gasteiger partial charge is 0.317 e. The number of carbonyl (C=O) groups is 1. The number of benzene rings is 2. The van der Waals surface area contributed by atoms with E-state index >= 15 is 0 Å². The quantitative estimate of drug-likeness (QED) is 0.915. The van der Waals surface area contributed by atoms with Crippen LogP contribution in [-0.2, 0) is 6.54 Å². The first-order chi connectivity index (χ1) is 10.8. The largest absolute Gasteiger partial charge is 0.396 e. The van der Waals surface area contributed by atoms with Gasteiger partial charge < -0.3 is 15.3 Å². The van der Waals surface area contributed by atoms with E-state index in [1.807, 2.05) is 17.0 Å². The molecule has 2 N–H and O–H groups in total. The SMILES string of the molecule is O=C(NCc1ccc2ccccc2c1)N1CCC(CO)CC1. The Morgan fingerprint density at radius 3 is 2.59 bits per heavy atom. The molecule has 1 heterocycles. The van der Waals surface area contributed by atoms with Crippen LogP contribution in [0, 0.1) is 5.92 Å². The summed E-state index contributed by atoms with van der Waals surface area (Å²) in [5.74, 6) is 0.351. The number of amides is 2. The van der Waals surface area contributed by atoms with Gasteiger partial charge in [0.2, 0.25) is 0 Å². The van der Waals surface area contributed by atoms with Crippen molar-refractivity contribution in [2.24, 2.45) is 5.92 Å². The number of urea groups is 1. The number of carbonyl (C=O) groups excluding carboxylic acids is 1. The Kier molecular flexibility index (Phi) is 4.59. The van der Waals surface area contributed by atoms with Gasteiger partial charge in [-0.3, -0.25) is 0 Å². The summed E-state index contributed by atoms with van der Waals surface area (Å²) in [6.07, 6.45) is 1.78. The van der Waals surface area contributed by atoms with Crippen molar-refractivity contribution >= 4 is 16.8 Å². The molecule has 0 saturated carbocycles. The van der Waals surface area contributed by atoms with E-state index in [2.05, 4.69) is 35.6 Å². The molecule has 1 saturated heterocycles. The number of aliphatic hydroxyl groups is 1. The molecular weight excluding hydrogens is 276 g/mol. The second-order valence-electron chi connectivity index (χ2n) is 5.95. The van der Waals surface area contributed by atoms with E-state index in [-0.39, 0.29) is 12.6 Å². The van der Waals surface area contributed by atoms with Crippen LogP contribution in [-0.4, -0.2) is 35.7 Å². The van der Waals surface area contributed by atoms with Crippen molar-refractivity contribution in [2.75, 3.05) is 19.7 Å². The maximum atomic E-state index is 12.2. The van der Waals surface area contributed by atoms with E-state index in [0.29, 0.717) is 12.5 Å². The van der Waals surface area contributed by atoms with Gasteiger partial charge in [-0.25, -0.2) is 4.79 Å². The average Bonchev–Trinajstić information content (AvgIpc) is 2.59. The summed E-state index contributed by atoms with van der Waals surface area (Å²) >= 11 is 0. The Bertz CT molecular complexity index is 648. The monoisotopic (exact) mass is 298 g/mol. The molecule has 2 amide bonds. The zero-order valence-electron chi connectivity index (χ0n) is 12.7. The fourth-order valence-corrected chi connectivity index (χ4v) is 2.96. The highest BCUT2D eigenvalue weighted by Gasteiger charge is 2.21. The van der Waals surface area contributed by atoms with E-state index in [1.54, 1.807) is 0 Å². The normalized spacial score (nSPS) is 16.0. The van der Waals surface area contributed by atoms with Crippen LogP contribution in [0.3, 0.4) is 0 Å². The van der Waals surface area contributed by atoms with Gasteiger partial charge in [0, 0.05) is 26.2 Å². The summed E-state index contributed by atoms with van der Waals surface area (Å²) in [7, 11) is 0. The van der Waals surface area contributed by atoms with Gasteiger partial charge in [-0.1, -0.05) is 36.4 Å². The van der Waals surface area contributed by atoms with Crippen molar-refractivity contribution in [2.45, 2.75) is 19.4 Å². The zero-order valence-corrected chi connectivity index (χ0v) is 12.7. The summed E-state index contributed by atoms with van der Waals surface area (Å²) in [4.78, 5) is 14.0. The number of rotatable bonds is 3. The Labute approximate surface area is 130 Å². The van der Waals surface area contributed by atoms with Crippen LogP contribution in [0.5, 0.6) is 0 Å². The van der Waals surface area contributed by atoms with Crippen LogP contribution in [0.15, 0.2) is 42.5 Å². The van der Waals surface area contributed by atoms with Gasteiger partial charge in [-0.2, -0.15) is 0 Å². The highest BCUT2D eigenvalue weighted by atomic mass is 16.3. The maximum absolute atomic E-state index is 12.2. The first-order valence-electron chi connectivity index (χ1n) is 7.87. The van der Waals surface area contributed by atoms with Gasteiger partial charge in [-0.05, 0) is 41.2 Å². The second kappa shape index (κ2) is 6.79. The molecule has 1 fully saturated rings. The number of likely N-dealkylation sites (tertiary alicyclic amines) is 1. The van der Waals surface area contributed by atoms with E-state index < -0.39 is 0 Å². The summed E-state index contributed by atoms with van der Waals surface area (Å²) < 4.78 is 0. The standard InChI is InChI=1S/C18H22N2O2/c21-13-14-7-9-20(10-8-14)18(22)19-12-15-5-6-16-3-1-2-4-17(16)11-15/h1-6,11,14,21H,7-10,12-13H2,(H,19,22). The van der Waals surface area contributed by atoms with Crippen LogP contribution in [0.4, 0.5) is 4.79 Å². The Hall–Kier alpha value is -2.07. The molecule has 0 unspecified atom stereocenters. The summed E-state index contributed by atoms with van der Waals surface area (Å²) in [5.41, 5.74) is 1.11. The Morgan fingerprint density at radius 2 is 1.86 bits per heavy atom. The minimum Gasteiger partial charge on any atom is -0.396 e. The maximum Gasteiger partial charge on any atom is 0.317 e. The summed E-state index contributed by atoms with van der Waals surface area (Å²) in [6, 6.07) is 14.5. The van der Waals surface area contributed by atoms with Crippen LogP contribution >= 0.6 is 0 Å². The third-order valence-electron chi connectivity index (χ3n) is 4.42. The number of piperidine rings is 1. The van der Waals surface area contributed by atoms with Crippen molar-refractivity contribution in [3.05, 3.63) is 48.0 Å². The molecule has 116 valence electrons. The Morgan fingerprint density at radius 1 is 1.14 bits per heavy atom. The summed E-state index contributed by atoms with van der Waals surface area (Å²) in [5, 5.41) is 14.5. The molecule has 0 bridgehead atoms. The van der Waals surface area contributed by atoms with Crippen molar-refractivity contribution in [1.29, 1.82) is 0 Å². The molecule has 0 spiro atoms. The van der Waals surface area contributed by atoms with Gasteiger partial charge in [-0.15, -0.1) is 0 Å². The lowest BCUT2D eigenvalue weighted by molar-refractivity contribution is 0.137. The predicted molar refractivity (Wildman–Crippen MR) is 87.6 cm³/mol. The molecule has 1 aliphatic heterocycles. The molecule has 0 atom stereocenters. The number of hydrogen-bond donors (Lipinski definition) is 2. The fourth-order valence-electron chi connectivity index (χ4n) is 2.96. The molecule has 0 aliphatic carbocycles. The topological polar surface area (TPSA) is 52.6 Å². The van der Waals surface area contributed by atoms with Gasteiger partial charge in [0.15, 0.2) is 0 Å². The zero-order chi connectivity index (χ0) is 15.4. The molecule has 2 aromatic rings. The van der Waals surface area contributed by atoms with E-state index in [4.69, 9.17) is 5.11 Å². The number of fused-ring (bicyclic) bond motifs is 1. The minimum atomic E-state index is -0.00968. The van der Waals surface area contributed by atoms with E-state index in [0.717, 1.165) is 31.5 Å². The first-order valence-corrected chi connectivity index (χ1v) is 7.87. The van der Waals surface area contributed by atoms with Gasteiger partial charge in [0.05, 0.1) is 0 Å². The first kappa shape index (κ1) is 14.9. The van der Waals surface area contributed by atoms with Gasteiger partial charge >= 0.3 is 6.03 Å². The fraction of sp³-hybridized carbons (Fsp3) is 0.389. The molecule has 2 aromatic carbocycles. The molecule has 4 nitrogen and oxygen atoms in total. The Balaban J connectivity index is 1.56. The van der Waals surface area contributed by atoms with Crippen molar-refractivity contribution in [3.8, 4) is 0 Å². The lowest BCUT2D eigenvalue weighted by Crippen LogP contribution is -2.44. The van der Waals surface area contributed by atoms with Crippen LogP contribution in [0.25, 0.3) is 10.8 Å². The number of aliphatic hydroxyl groups excluding tert-OH is 1. The molecular formula is C18H22N2O2. The van der Waals surface area contributed by atoms with Crippen LogP contribution in [0.2, 0.25) is 0 Å². The lowest BCUT2D eigenvalue weighted by Gasteiger charge is -2.31. The van der Waals surface area contributed by atoms with Crippen molar-refractivity contribution < 1.29 is 9.90 Å². The predicted octanol–water partition coefficient (Wildman–Crippen LogP) is 2.75. The second-order valence-corrected chi connectivity index (χ2v) is 5.95. The molecule has 4 heteroatoms. The van der Waals surface area contributed by atoms with Crippen LogP contribution < -0.4 is 5.32 Å². The lowest BCUT2D eigenvalue weighted by atomic mass is 9.98. The summed E-state index contributed by atoms with van der Waals surface area (Å²) in [6.45, 7) is 2.24. The molecule has 22 heavy (non-hydrogen) atoms. The number of nitrogens with zero attached hydrogens (tertiary/aromatic N) is 1. The molecule has 0 radical (unpaired) electrons. The number of hydrogen-bond acceptors (Lipinski definition) is 2. The van der Waals surface area contributed by atoms with Crippen LogP contribution in [0.1, 0.15) is 18.4 Å². The molecule has 1 aliphatic rings. The number of nitrogens with one attached hydrogen (secondary N) is 1. The van der Waals surface area contributed by atoms with Crippen molar-refractivity contribution in [1.82, 2.24) is 10.2 Å². The molecule has 0 aromatic heterocycles. The highest BCUT2D eigenvalue weighted by Crippen LogP contribution is 2.17. The van der Waals surface area contributed by atoms with Gasteiger partial charge in [0.25, 0.3) is 0 Å². The van der Waals surface area contributed by atoms with Crippen molar-refractivity contribution in [3.63, 3.8) is 0 Å². The van der Waals surface area contributed by atoms with Gasteiger partial charge in [0.1, 0.15) is 0 Å². The third kappa shape index (κ3) is 3.39. The molecule has 3 rings (SSSR count). The highest BCUT2D eigenvalue weighted by molar-refractivity contribution is 5.83. The van der Waals surface area contributed by atoms with E-state index in [9.17, 15) is 4.79 Å². The third-order valence-corrected chi connectivity index (χ3v) is 4.42. The minimum absolute atomic E-state index is 0.00968. The average molecular weight is 298 g/mol.